The zero-order chi connectivity index (χ0) is 19.4. The first-order valence-corrected chi connectivity index (χ1v) is 10.2. The van der Waals surface area contributed by atoms with Gasteiger partial charge in [0.1, 0.15) is 5.82 Å². The lowest BCUT2D eigenvalue weighted by atomic mass is 10.3. The Morgan fingerprint density at radius 3 is 2.59 bits per heavy atom. The largest absolute Gasteiger partial charge is 0.347 e. The fourth-order valence-electron chi connectivity index (χ4n) is 2.84. The highest BCUT2D eigenvalue weighted by Gasteiger charge is 2.27. The van der Waals surface area contributed by atoms with Gasteiger partial charge in [-0.2, -0.15) is 5.10 Å². The van der Waals surface area contributed by atoms with Crippen molar-refractivity contribution in [1.29, 1.82) is 0 Å². The number of amides is 2. The third-order valence-electron chi connectivity index (χ3n) is 4.13. The van der Waals surface area contributed by atoms with Gasteiger partial charge in [-0.15, -0.1) is 0 Å². The Hall–Kier alpha value is -2.72. The molecule has 1 aromatic heterocycles. The average molecular weight is 391 g/mol. The Kier molecular flexibility index (Phi) is 5.57. The number of carbonyl (C=O) groups excluding carboxylic acids is 2. The minimum Gasteiger partial charge on any atom is -0.347 e. The summed E-state index contributed by atoms with van der Waals surface area (Å²) in [6, 6.07) is 10.9. The van der Waals surface area contributed by atoms with E-state index in [2.05, 4.69) is 15.7 Å². The number of para-hydroxylation sites is 1. The molecule has 1 fully saturated rings. The molecule has 2 amide bonds. The topological polar surface area (TPSA) is 113 Å². The standard InChI is InChI=1S/C17H21N5O4S/c1-13-12-15(22(20-13)14-6-3-2-4-7-14)19-17(24)16(23)18-8-10-21-9-5-11-27(21,25)26/h2-4,6-7,12H,5,8-11H2,1H3,(H,18,23)(H,19,24). The lowest BCUT2D eigenvalue weighted by Gasteiger charge is -2.14. The van der Waals surface area contributed by atoms with Gasteiger partial charge in [0.25, 0.3) is 0 Å². The number of hydrogen-bond donors (Lipinski definition) is 2. The summed E-state index contributed by atoms with van der Waals surface area (Å²) in [4.78, 5) is 24.2. The maximum atomic E-state index is 12.2. The van der Waals surface area contributed by atoms with Gasteiger partial charge in [-0.25, -0.2) is 17.4 Å². The van der Waals surface area contributed by atoms with Gasteiger partial charge < -0.3 is 10.6 Å². The van der Waals surface area contributed by atoms with Gasteiger partial charge in [-0.05, 0) is 25.5 Å². The zero-order valence-corrected chi connectivity index (χ0v) is 15.7. The Bertz CT molecular complexity index is 939. The van der Waals surface area contributed by atoms with Crippen molar-refractivity contribution < 1.29 is 18.0 Å². The molecule has 144 valence electrons. The Morgan fingerprint density at radius 1 is 1.19 bits per heavy atom. The fraction of sp³-hybridized carbons (Fsp3) is 0.353. The monoisotopic (exact) mass is 391 g/mol. The first-order valence-electron chi connectivity index (χ1n) is 8.56. The van der Waals surface area contributed by atoms with Crippen molar-refractivity contribution in [3.8, 4) is 5.69 Å². The molecular formula is C17H21N5O4S. The van der Waals surface area contributed by atoms with Crippen LogP contribution in [0.4, 0.5) is 5.82 Å². The summed E-state index contributed by atoms with van der Waals surface area (Å²) in [5.41, 5.74) is 1.44. The van der Waals surface area contributed by atoms with Crippen molar-refractivity contribution in [2.75, 3.05) is 30.7 Å². The molecule has 0 saturated carbocycles. The van der Waals surface area contributed by atoms with Crippen LogP contribution in [-0.4, -0.2) is 59.7 Å². The normalized spacial score (nSPS) is 16.2. The van der Waals surface area contributed by atoms with Gasteiger partial charge in [0.2, 0.25) is 10.0 Å². The summed E-state index contributed by atoms with van der Waals surface area (Å²) >= 11 is 0. The number of carbonyl (C=O) groups is 2. The van der Waals surface area contributed by atoms with E-state index < -0.39 is 21.8 Å². The Balaban J connectivity index is 1.58. The van der Waals surface area contributed by atoms with E-state index in [1.54, 1.807) is 13.0 Å². The summed E-state index contributed by atoms with van der Waals surface area (Å²) < 4.78 is 26.3. The SMILES string of the molecule is Cc1cc(NC(=O)C(=O)NCCN2CCCS2(=O)=O)n(-c2ccccc2)n1. The molecule has 0 spiro atoms. The predicted octanol–water partition coefficient (Wildman–Crippen LogP) is 0.271. The molecule has 3 rings (SSSR count). The zero-order valence-electron chi connectivity index (χ0n) is 14.9. The molecule has 1 aliphatic rings. The molecule has 0 aliphatic carbocycles. The predicted molar refractivity (Wildman–Crippen MR) is 99.9 cm³/mol. The number of nitrogens with zero attached hydrogens (tertiary/aromatic N) is 3. The number of nitrogens with one attached hydrogen (secondary N) is 2. The molecule has 2 aromatic rings. The molecule has 0 unspecified atom stereocenters. The lowest BCUT2D eigenvalue weighted by molar-refractivity contribution is -0.136. The molecule has 10 heteroatoms. The van der Waals surface area contributed by atoms with Crippen molar-refractivity contribution in [3.63, 3.8) is 0 Å². The number of sulfonamides is 1. The smallest absolute Gasteiger partial charge is 0.314 e. The van der Waals surface area contributed by atoms with Gasteiger partial charge in [-0.1, -0.05) is 18.2 Å². The maximum absolute atomic E-state index is 12.2. The van der Waals surface area contributed by atoms with E-state index in [0.717, 1.165) is 5.69 Å². The van der Waals surface area contributed by atoms with Gasteiger partial charge in [0.15, 0.2) is 0 Å². The fourth-order valence-corrected chi connectivity index (χ4v) is 4.37. The quantitative estimate of drug-likeness (QED) is 0.711. The number of aromatic nitrogens is 2. The second-order valence-electron chi connectivity index (χ2n) is 6.20. The van der Waals surface area contributed by atoms with Crippen LogP contribution in [0.25, 0.3) is 5.69 Å². The van der Waals surface area contributed by atoms with Crippen molar-refractivity contribution >= 4 is 27.7 Å². The summed E-state index contributed by atoms with van der Waals surface area (Å²) in [5, 5.41) is 9.31. The van der Waals surface area contributed by atoms with Crippen LogP contribution in [0.15, 0.2) is 36.4 Å². The third-order valence-corrected chi connectivity index (χ3v) is 6.09. The van der Waals surface area contributed by atoms with Gasteiger partial charge >= 0.3 is 11.8 Å². The van der Waals surface area contributed by atoms with Gasteiger partial charge in [-0.3, -0.25) is 9.59 Å². The molecule has 9 nitrogen and oxygen atoms in total. The molecule has 0 radical (unpaired) electrons. The third kappa shape index (κ3) is 4.52. The minimum absolute atomic E-state index is 0.0719. The van der Waals surface area contributed by atoms with Gasteiger partial charge in [0, 0.05) is 25.7 Å². The van der Waals surface area contributed by atoms with Crippen LogP contribution >= 0.6 is 0 Å². The van der Waals surface area contributed by atoms with E-state index in [-0.39, 0.29) is 18.8 Å². The summed E-state index contributed by atoms with van der Waals surface area (Å²) in [6.07, 6.45) is 0.583. The van der Waals surface area contributed by atoms with E-state index in [9.17, 15) is 18.0 Å². The highest BCUT2D eigenvalue weighted by molar-refractivity contribution is 7.89. The molecule has 1 aromatic carbocycles. The van der Waals surface area contributed by atoms with Crippen LogP contribution in [0.2, 0.25) is 0 Å². The van der Waals surface area contributed by atoms with Crippen LogP contribution in [0.3, 0.4) is 0 Å². The lowest BCUT2D eigenvalue weighted by Crippen LogP contribution is -2.40. The Morgan fingerprint density at radius 2 is 1.93 bits per heavy atom. The average Bonchev–Trinajstić information content (AvgIpc) is 3.17. The summed E-state index contributed by atoms with van der Waals surface area (Å²) in [5.74, 6) is -1.16. The molecule has 0 bridgehead atoms. The second kappa shape index (κ2) is 7.89. The highest BCUT2D eigenvalue weighted by atomic mass is 32.2. The van der Waals surface area contributed by atoms with E-state index in [4.69, 9.17) is 0 Å². The van der Waals surface area contributed by atoms with Crippen LogP contribution in [0.1, 0.15) is 12.1 Å². The number of anilines is 1. The second-order valence-corrected chi connectivity index (χ2v) is 8.29. The van der Waals surface area contributed by atoms with Crippen molar-refractivity contribution in [1.82, 2.24) is 19.4 Å². The van der Waals surface area contributed by atoms with Crippen molar-refractivity contribution in [3.05, 3.63) is 42.1 Å². The number of benzene rings is 1. The Labute approximate surface area is 157 Å². The first kappa shape index (κ1) is 19.1. The molecule has 27 heavy (non-hydrogen) atoms. The van der Waals surface area contributed by atoms with Crippen LogP contribution in [-0.2, 0) is 19.6 Å². The van der Waals surface area contributed by atoms with E-state index >= 15 is 0 Å². The van der Waals surface area contributed by atoms with Crippen LogP contribution in [0, 0.1) is 6.92 Å². The summed E-state index contributed by atoms with van der Waals surface area (Å²) in [6.45, 7) is 2.45. The summed E-state index contributed by atoms with van der Waals surface area (Å²) in [7, 11) is -3.22. The van der Waals surface area contributed by atoms with Gasteiger partial charge in [0.05, 0.1) is 17.1 Å². The highest BCUT2D eigenvalue weighted by Crippen LogP contribution is 2.16. The maximum Gasteiger partial charge on any atom is 0.314 e. The van der Waals surface area contributed by atoms with Crippen LogP contribution < -0.4 is 10.6 Å². The number of aryl methyl sites for hydroxylation is 1. The number of hydrogen-bond acceptors (Lipinski definition) is 5. The number of rotatable bonds is 5. The van der Waals surface area contributed by atoms with Crippen molar-refractivity contribution in [2.45, 2.75) is 13.3 Å². The molecule has 1 saturated heterocycles. The minimum atomic E-state index is -3.22. The molecule has 0 atom stereocenters. The molecule has 2 N–H and O–H groups in total. The first-order chi connectivity index (χ1) is 12.9. The van der Waals surface area contributed by atoms with E-state index in [1.807, 2.05) is 30.3 Å². The van der Waals surface area contributed by atoms with E-state index in [1.165, 1.54) is 8.99 Å². The van der Waals surface area contributed by atoms with Crippen molar-refractivity contribution in [2.24, 2.45) is 0 Å². The van der Waals surface area contributed by atoms with Crippen LogP contribution in [0.5, 0.6) is 0 Å². The molecular weight excluding hydrogens is 370 g/mol. The molecule has 2 heterocycles. The van der Waals surface area contributed by atoms with E-state index in [0.29, 0.717) is 24.5 Å². The molecule has 1 aliphatic heterocycles.